The molecule has 0 bridgehead atoms. The summed E-state index contributed by atoms with van der Waals surface area (Å²) in [5, 5.41) is 0. The topological polar surface area (TPSA) is 3.24 Å². The zero-order chi connectivity index (χ0) is 37.1. The van der Waals surface area contributed by atoms with Crippen LogP contribution >= 0.6 is 0 Å². The van der Waals surface area contributed by atoms with Gasteiger partial charge in [-0.1, -0.05) is 173 Å². The maximum absolute atomic E-state index is 2.54. The first-order chi connectivity index (χ1) is 26.8. The van der Waals surface area contributed by atoms with Crippen molar-refractivity contribution in [2.75, 3.05) is 4.90 Å². The second-order valence-electron chi connectivity index (χ2n) is 16.5. The summed E-state index contributed by atoms with van der Waals surface area (Å²) in [4.78, 5) is 2.54. The summed E-state index contributed by atoms with van der Waals surface area (Å²) in [6, 6.07) is 66.0. The van der Waals surface area contributed by atoms with Gasteiger partial charge in [0.05, 0.1) is 5.69 Å². The zero-order valence-electron chi connectivity index (χ0n) is 31.7. The fraction of sp³-hybridized carbons (Fsp3) is 0.111. The van der Waals surface area contributed by atoms with Crippen molar-refractivity contribution in [3.8, 4) is 66.8 Å². The summed E-state index contributed by atoms with van der Waals surface area (Å²) in [6.45, 7) is 9.50. The van der Waals surface area contributed by atoms with Gasteiger partial charge in [-0.25, -0.2) is 0 Å². The summed E-state index contributed by atoms with van der Waals surface area (Å²) >= 11 is 0. The molecule has 1 nitrogen and oxygen atoms in total. The summed E-state index contributed by atoms with van der Waals surface area (Å²) in [5.41, 5.74) is 24.1. The maximum Gasteiger partial charge on any atom is 0.0543 e. The van der Waals surface area contributed by atoms with Crippen LogP contribution in [0.5, 0.6) is 0 Å². The molecule has 8 aromatic carbocycles. The number of fused-ring (bicyclic) bond motifs is 14. The van der Waals surface area contributed by atoms with Crippen LogP contribution in [0.1, 0.15) is 49.9 Å². The van der Waals surface area contributed by atoms with E-state index in [1.54, 1.807) is 0 Å². The van der Waals surface area contributed by atoms with Gasteiger partial charge < -0.3 is 4.90 Å². The van der Waals surface area contributed by atoms with Crippen molar-refractivity contribution in [2.45, 2.75) is 38.5 Å². The molecular weight excluding hydrogens is 663 g/mol. The minimum atomic E-state index is -0.122. The van der Waals surface area contributed by atoms with E-state index in [0.717, 1.165) is 5.69 Å². The highest BCUT2D eigenvalue weighted by Crippen LogP contribution is 2.57. The van der Waals surface area contributed by atoms with E-state index < -0.39 is 0 Å². The van der Waals surface area contributed by atoms with E-state index in [-0.39, 0.29) is 10.8 Å². The van der Waals surface area contributed by atoms with Crippen LogP contribution in [-0.4, -0.2) is 0 Å². The summed E-state index contributed by atoms with van der Waals surface area (Å²) in [5.74, 6) is 0. The van der Waals surface area contributed by atoms with Gasteiger partial charge in [0, 0.05) is 27.8 Å². The molecule has 0 N–H and O–H groups in total. The standard InChI is InChI=1S/C54H41N/c1-53(2)48-25-14-12-23-45(48)52-49(53)26-15-27-51(52)55(35-29-31-44-43-22-11-13-24-47(43)54(3,4)50(44)33-35)34-28-30-42-40-20-8-7-18-38(40)36-16-5-6-17-37(36)39-19-9-10-21-41(39)46(42)32-34/h5-33H,1-4H3. The Bertz CT molecular complexity index is 2880. The molecule has 0 amide bonds. The van der Waals surface area contributed by atoms with Crippen molar-refractivity contribution < 1.29 is 0 Å². The molecule has 0 atom stereocenters. The lowest BCUT2D eigenvalue weighted by atomic mass is 9.80. The molecule has 1 heteroatoms. The summed E-state index contributed by atoms with van der Waals surface area (Å²) < 4.78 is 0. The minimum Gasteiger partial charge on any atom is -0.310 e. The molecule has 262 valence electrons. The molecule has 11 rings (SSSR count). The maximum atomic E-state index is 2.54. The van der Waals surface area contributed by atoms with Crippen molar-refractivity contribution in [3.05, 3.63) is 198 Å². The molecule has 8 aromatic rings. The summed E-state index contributed by atoms with van der Waals surface area (Å²) in [6.07, 6.45) is 0. The Morgan fingerprint density at radius 2 is 0.673 bits per heavy atom. The van der Waals surface area contributed by atoms with Crippen LogP contribution in [0.25, 0.3) is 66.8 Å². The average Bonchev–Trinajstić information content (AvgIpc) is 3.60. The monoisotopic (exact) mass is 703 g/mol. The average molecular weight is 704 g/mol. The highest BCUT2D eigenvalue weighted by atomic mass is 15.1. The van der Waals surface area contributed by atoms with Gasteiger partial charge in [-0.15, -0.1) is 0 Å². The van der Waals surface area contributed by atoms with Crippen molar-refractivity contribution in [2.24, 2.45) is 0 Å². The molecule has 0 spiro atoms. The number of hydrogen-bond acceptors (Lipinski definition) is 1. The van der Waals surface area contributed by atoms with Crippen LogP contribution in [0.2, 0.25) is 0 Å². The molecule has 0 unspecified atom stereocenters. The van der Waals surface area contributed by atoms with Crippen LogP contribution in [0.4, 0.5) is 17.1 Å². The zero-order valence-corrected chi connectivity index (χ0v) is 31.7. The molecular formula is C54H41N. The molecule has 0 fully saturated rings. The first-order valence-corrected chi connectivity index (χ1v) is 19.5. The Balaban J connectivity index is 1.20. The van der Waals surface area contributed by atoms with Gasteiger partial charge in [0.1, 0.15) is 0 Å². The molecule has 3 aliphatic carbocycles. The number of anilines is 3. The first kappa shape index (κ1) is 32.0. The van der Waals surface area contributed by atoms with Crippen molar-refractivity contribution in [1.29, 1.82) is 0 Å². The molecule has 0 radical (unpaired) electrons. The SMILES string of the molecule is CC1(C)c2ccccc2-c2ccc(N(c3ccc4c(c3)-c3ccccc3-c3ccccc3-c3ccccc3-4)c3cccc4c3-c3ccccc3C4(C)C)cc21. The van der Waals surface area contributed by atoms with E-state index in [9.17, 15) is 0 Å². The van der Waals surface area contributed by atoms with Crippen molar-refractivity contribution in [3.63, 3.8) is 0 Å². The Kier molecular flexibility index (Phi) is 6.72. The van der Waals surface area contributed by atoms with E-state index in [0.29, 0.717) is 0 Å². The van der Waals surface area contributed by atoms with Crippen LogP contribution in [0, 0.1) is 0 Å². The molecule has 0 saturated heterocycles. The highest BCUT2D eigenvalue weighted by molar-refractivity contribution is 6.05. The van der Waals surface area contributed by atoms with Gasteiger partial charge >= 0.3 is 0 Å². The fourth-order valence-electron chi connectivity index (χ4n) is 10.2. The number of rotatable bonds is 3. The highest BCUT2D eigenvalue weighted by Gasteiger charge is 2.39. The lowest BCUT2D eigenvalue weighted by molar-refractivity contribution is 0.660. The lowest BCUT2D eigenvalue weighted by Gasteiger charge is -2.31. The second-order valence-corrected chi connectivity index (χ2v) is 16.5. The van der Waals surface area contributed by atoms with Crippen LogP contribution in [0.3, 0.4) is 0 Å². The Labute approximate surface area is 324 Å². The quantitative estimate of drug-likeness (QED) is 0.177. The third-order valence-electron chi connectivity index (χ3n) is 12.9. The second kappa shape index (κ2) is 11.5. The third kappa shape index (κ3) is 4.47. The smallest absolute Gasteiger partial charge is 0.0543 e. The van der Waals surface area contributed by atoms with Gasteiger partial charge in [-0.2, -0.15) is 0 Å². The number of hydrogen-bond donors (Lipinski definition) is 0. The van der Waals surface area contributed by atoms with E-state index in [2.05, 4.69) is 209 Å². The predicted octanol–water partition coefficient (Wildman–Crippen LogP) is 14.8. The molecule has 0 aromatic heterocycles. The molecule has 55 heavy (non-hydrogen) atoms. The molecule has 0 heterocycles. The van der Waals surface area contributed by atoms with Gasteiger partial charge in [0.25, 0.3) is 0 Å². The first-order valence-electron chi connectivity index (χ1n) is 19.5. The lowest BCUT2D eigenvalue weighted by Crippen LogP contribution is -2.17. The van der Waals surface area contributed by atoms with Gasteiger partial charge in [-0.05, 0) is 114 Å². The van der Waals surface area contributed by atoms with E-state index >= 15 is 0 Å². The van der Waals surface area contributed by atoms with E-state index in [4.69, 9.17) is 0 Å². The largest absolute Gasteiger partial charge is 0.310 e. The Hall–Kier alpha value is -6.44. The van der Waals surface area contributed by atoms with Crippen molar-refractivity contribution in [1.82, 2.24) is 0 Å². The van der Waals surface area contributed by atoms with Gasteiger partial charge in [0.2, 0.25) is 0 Å². The Morgan fingerprint density at radius 1 is 0.291 bits per heavy atom. The van der Waals surface area contributed by atoms with Crippen LogP contribution in [0.15, 0.2) is 176 Å². The van der Waals surface area contributed by atoms with Gasteiger partial charge in [0.15, 0.2) is 0 Å². The minimum absolute atomic E-state index is 0.114. The predicted molar refractivity (Wildman–Crippen MR) is 232 cm³/mol. The van der Waals surface area contributed by atoms with Crippen molar-refractivity contribution >= 4 is 17.1 Å². The van der Waals surface area contributed by atoms with Crippen LogP contribution < -0.4 is 4.90 Å². The van der Waals surface area contributed by atoms with E-state index in [1.807, 2.05) is 0 Å². The van der Waals surface area contributed by atoms with Gasteiger partial charge in [-0.3, -0.25) is 0 Å². The Morgan fingerprint density at radius 3 is 1.25 bits per heavy atom. The molecule has 3 aliphatic rings. The molecule has 0 saturated carbocycles. The number of nitrogens with zero attached hydrogens (tertiary/aromatic N) is 1. The third-order valence-corrected chi connectivity index (χ3v) is 12.9. The normalized spacial score (nSPS) is 14.5. The van der Waals surface area contributed by atoms with Crippen LogP contribution in [-0.2, 0) is 10.8 Å². The molecule has 0 aliphatic heterocycles. The number of benzene rings is 8. The van der Waals surface area contributed by atoms with E-state index in [1.165, 1.54) is 100 Å². The summed E-state index contributed by atoms with van der Waals surface area (Å²) in [7, 11) is 0. The fourth-order valence-corrected chi connectivity index (χ4v) is 10.2.